The van der Waals surface area contributed by atoms with E-state index in [9.17, 15) is 0 Å². The molecule has 0 saturated heterocycles. The first-order valence-corrected chi connectivity index (χ1v) is 10.1. The maximum atomic E-state index is 6.40. The standard InChI is InChI=1S/C15H33NO2Si/c1-9-10-13(2)16-11-14(12-17-6)18-19(7,8)15(3,4)5/h9,13-14,16H,1,10-12H2,2-8H3. The van der Waals surface area contributed by atoms with Gasteiger partial charge < -0.3 is 14.5 Å². The lowest BCUT2D eigenvalue weighted by Gasteiger charge is -2.39. The molecule has 2 atom stereocenters. The Morgan fingerprint density at radius 3 is 2.32 bits per heavy atom. The largest absolute Gasteiger partial charge is 0.410 e. The van der Waals surface area contributed by atoms with Crippen LogP contribution in [0.2, 0.25) is 18.1 Å². The molecule has 0 bridgehead atoms. The molecule has 0 rings (SSSR count). The van der Waals surface area contributed by atoms with Crippen molar-refractivity contribution >= 4 is 8.32 Å². The molecule has 0 fully saturated rings. The highest BCUT2D eigenvalue weighted by Crippen LogP contribution is 2.37. The average molecular weight is 288 g/mol. The second kappa shape index (κ2) is 8.20. The molecule has 0 aliphatic heterocycles. The van der Waals surface area contributed by atoms with Crippen molar-refractivity contribution in [3.05, 3.63) is 12.7 Å². The number of methoxy groups -OCH3 is 1. The van der Waals surface area contributed by atoms with Gasteiger partial charge >= 0.3 is 0 Å². The first-order chi connectivity index (χ1) is 8.64. The molecule has 0 aromatic carbocycles. The number of rotatable bonds is 9. The summed E-state index contributed by atoms with van der Waals surface area (Å²) in [6, 6.07) is 0.430. The SMILES string of the molecule is C=CCC(C)NCC(COC)O[Si](C)(C)C(C)(C)C. The zero-order valence-corrected chi connectivity index (χ0v) is 14.9. The van der Waals surface area contributed by atoms with Crippen LogP contribution >= 0.6 is 0 Å². The van der Waals surface area contributed by atoms with Crippen LogP contribution in [0.5, 0.6) is 0 Å². The molecular weight excluding hydrogens is 254 g/mol. The van der Waals surface area contributed by atoms with E-state index in [4.69, 9.17) is 9.16 Å². The zero-order valence-electron chi connectivity index (χ0n) is 13.9. The van der Waals surface area contributed by atoms with Crippen LogP contribution in [0.25, 0.3) is 0 Å². The van der Waals surface area contributed by atoms with E-state index < -0.39 is 8.32 Å². The van der Waals surface area contributed by atoms with Gasteiger partial charge in [0.15, 0.2) is 8.32 Å². The Morgan fingerprint density at radius 2 is 1.89 bits per heavy atom. The van der Waals surface area contributed by atoms with Crippen LogP contribution in [-0.2, 0) is 9.16 Å². The van der Waals surface area contributed by atoms with Gasteiger partial charge in [0.2, 0.25) is 0 Å². The van der Waals surface area contributed by atoms with Crippen LogP contribution in [0.4, 0.5) is 0 Å². The maximum Gasteiger partial charge on any atom is 0.192 e. The van der Waals surface area contributed by atoms with E-state index in [1.807, 2.05) is 6.08 Å². The topological polar surface area (TPSA) is 30.5 Å². The summed E-state index contributed by atoms with van der Waals surface area (Å²) in [5.74, 6) is 0. The Labute approximate surface area is 120 Å². The van der Waals surface area contributed by atoms with E-state index in [-0.39, 0.29) is 11.1 Å². The first kappa shape index (κ1) is 18.8. The smallest absolute Gasteiger partial charge is 0.192 e. The lowest BCUT2D eigenvalue weighted by molar-refractivity contribution is 0.0699. The quantitative estimate of drug-likeness (QED) is 0.519. The third kappa shape index (κ3) is 7.25. The van der Waals surface area contributed by atoms with Crippen molar-refractivity contribution in [2.75, 3.05) is 20.3 Å². The minimum absolute atomic E-state index is 0.123. The van der Waals surface area contributed by atoms with Crippen molar-refractivity contribution in [2.24, 2.45) is 0 Å². The molecule has 0 heterocycles. The van der Waals surface area contributed by atoms with Gasteiger partial charge in [-0.25, -0.2) is 0 Å². The normalized spacial score (nSPS) is 16.2. The molecular formula is C15H33NO2Si. The highest BCUT2D eigenvalue weighted by Gasteiger charge is 2.39. The van der Waals surface area contributed by atoms with Gasteiger partial charge in [0.1, 0.15) is 0 Å². The van der Waals surface area contributed by atoms with E-state index >= 15 is 0 Å². The van der Waals surface area contributed by atoms with Crippen molar-refractivity contribution in [1.29, 1.82) is 0 Å². The van der Waals surface area contributed by atoms with Crippen LogP contribution in [0.1, 0.15) is 34.1 Å². The third-order valence-electron chi connectivity index (χ3n) is 3.83. The van der Waals surface area contributed by atoms with E-state index in [1.54, 1.807) is 7.11 Å². The van der Waals surface area contributed by atoms with Crippen LogP contribution in [0.3, 0.4) is 0 Å². The summed E-state index contributed by atoms with van der Waals surface area (Å²) in [5.41, 5.74) is 0. The molecule has 0 amide bonds. The van der Waals surface area contributed by atoms with Crippen molar-refractivity contribution in [2.45, 2.75) is 64.4 Å². The highest BCUT2D eigenvalue weighted by molar-refractivity contribution is 6.74. The molecule has 19 heavy (non-hydrogen) atoms. The predicted octanol–water partition coefficient (Wildman–Crippen LogP) is 3.58. The van der Waals surface area contributed by atoms with Gasteiger partial charge in [0, 0.05) is 19.7 Å². The van der Waals surface area contributed by atoms with E-state index in [2.05, 4.69) is 52.7 Å². The molecule has 0 aliphatic rings. The molecule has 0 aromatic rings. The molecule has 0 aromatic heterocycles. The Hall–Kier alpha value is -0.163. The fourth-order valence-electron chi connectivity index (χ4n) is 1.58. The fraction of sp³-hybridized carbons (Fsp3) is 0.867. The van der Waals surface area contributed by atoms with Crippen molar-refractivity contribution in [1.82, 2.24) is 5.32 Å². The predicted molar refractivity (Wildman–Crippen MR) is 86.2 cm³/mol. The second-order valence-corrected chi connectivity index (χ2v) is 11.5. The van der Waals surface area contributed by atoms with Gasteiger partial charge in [-0.1, -0.05) is 26.8 Å². The zero-order chi connectivity index (χ0) is 15.1. The Balaban J connectivity index is 4.44. The summed E-state index contributed by atoms with van der Waals surface area (Å²) in [5, 5.41) is 3.72. The molecule has 0 radical (unpaired) electrons. The number of hydrogen-bond acceptors (Lipinski definition) is 3. The molecule has 1 N–H and O–H groups in total. The van der Waals surface area contributed by atoms with Gasteiger partial charge in [-0.2, -0.15) is 0 Å². The molecule has 0 saturated carbocycles. The van der Waals surface area contributed by atoms with Crippen molar-refractivity contribution < 1.29 is 9.16 Å². The number of nitrogens with one attached hydrogen (secondary N) is 1. The molecule has 4 heteroatoms. The molecule has 0 spiro atoms. The van der Waals surface area contributed by atoms with Gasteiger partial charge in [0.25, 0.3) is 0 Å². The van der Waals surface area contributed by atoms with Crippen LogP contribution in [0, 0.1) is 0 Å². The van der Waals surface area contributed by atoms with Crippen molar-refractivity contribution in [3.8, 4) is 0 Å². The van der Waals surface area contributed by atoms with Gasteiger partial charge in [-0.15, -0.1) is 6.58 Å². The monoisotopic (exact) mass is 287 g/mol. The Bertz CT molecular complexity index is 261. The van der Waals surface area contributed by atoms with Crippen LogP contribution in [-0.4, -0.2) is 40.7 Å². The molecule has 0 aliphatic carbocycles. The second-order valence-electron chi connectivity index (χ2n) is 6.79. The first-order valence-electron chi connectivity index (χ1n) is 7.15. The summed E-state index contributed by atoms with van der Waals surface area (Å²) < 4.78 is 11.7. The summed E-state index contributed by atoms with van der Waals surface area (Å²) in [7, 11) is -0.00456. The molecule has 2 unspecified atom stereocenters. The lowest BCUT2D eigenvalue weighted by Crippen LogP contribution is -2.48. The Morgan fingerprint density at radius 1 is 1.32 bits per heavy atom. The highest BCUT2D eigenvalue weighted by atomic mass is 28.4. The van der Waals surface area contributed by atoms with Crippen LogP contribution in [0.15, 0.2) is 12.7 Å². The minimum Gasteiger partial charge on any atom is -0.410 e. The van der Waals surface area contributed by atoms with Crippen LogP contribution < -0.4 is 5.32 Å². The molecule has 3 nitrogen and oxygen atoms in total. The van der Waals surface area contributed by atoms with Crippen molar-refractivity contribution in [3.63, 3.8) is 0 Å². The summed E-state index contributed by atoms with van der Waals surface area (Å²) in [6.45, 7) is 18.7. The van der Waals surface area contributed by atoms with E-state index in [0.717, 1.165) is 13.0 Å². The third-order valence-corrected chi connectivity index (χ3v) is 8.37. The molecule has 114 valence electrons. The average Bonchev–Trinajstić information content (AvgIpc) is 2.24. The van der Waals surface area contributed by atoms with Gasteiger partial charge in [-0.3, -0.25) is 0 Å². The van der Waals surface area contributed by atoms with E-state index in [0.29, 0.717) is 12.6 Å². The minimum atomic E-state index is -1.74. The van der Waals surface area contributed by atoms with Gasteiger partial charge in [0.05, 0.1) is 12.7 Å². The summed E-state index contributed by atoms with van der Waals surface area (Å²) in [4.78, 5) is 0. The number of ether oxygens (including phenoxy) is 1. The van der Waals surface area contributed by atoms with Gasteiger partial charge in [-0.05, 0) is 31.5 Å². The van der Waals surface area contributed by atoms with E-state index in [1.165, 1.54) is 0 Å². The lowest BCUT2D eigenvalue weighted by atomic mass is 10.2. The number of hydrogen-bond donors (Lipinski definition) is 1. The fourth-order valence-corrected chi connectivity index (χ4v) is 2.92. The summed E-state index contributed by atoms with van der Waals surface area (Å²) in [6.07, 6.45) is 3.04. The Kier molecular flexibility index (Phi) is 8.13. The summed E-state index contributed by atoms with van der Waals surface area (Å²) >= 11 is 0. The maximum absolute atomic E-state index is 6.40.